The van der Waals surface area contributed by atoms with Crippen LogP contribution in [-0.4, -0.2) is 24.1 Å². The smallest absolute Gasteiger partial charge is 0.231 e. The Morgan fingerprint density at radius 3 is 2.88 bits per heavy atom. The van der Waals surface area contributed by atoms with Crippen molar-refractivity contribution in [3.63, 3.8) is 0 Å². The second-order valence-corrected chi connectivity index (χ2v) is 6.73. The standard InChI is InChI=1S/C21H23NO3/c1-2-22(13-15-7-10-19-20(11-15)25-14-24-19)21(23)12-17-9-8-16-5-3-4-6-18(16)17/h3-7,10-11,17H,2,8-9,12-14H2,1H3. The fourth-order valence-corrected chi connectivity index (χ4v) is 3.83. The number of hydrogen-bond acceptors (Lipinski definition) is 3. The largest absolute Gasteiger partial charge is 0.454 e. The molecule has 0 N–H and O–H groups in total. The Bertz CT molecular complexity index is 786. The van der Waals surface area contributed by atoms with E-state index in [1.807, 2.05) is 30.0 Å². The minimum Gasteiger partial charge on any atom is -0.454 e. The molecule has 130 valence electrons. The lowest BCUT2D eigenvalue weighted by atomic mass is 9.97. The molecule has 0 saturated heterocycles. The first-order chi connectivity index (χ1) is 12.2. The summed E-state index contributed by atoms with van der Waals surface area (Å²) in [5.74, 6) is 2.13. The number of hydrogen-bond donors (Lipinski definition) is 0. The van der Waals surface area contributed by atoms with Crippen LogP contribution in [0.15, 0.2) is 42.5 Å². The second kappa shape index (κ2) is 6.79. The zero-order valence-electron chi connectivity index (χ0n) is 14.5. The van der Waals surface area contributed by atoms with Crippen molar-refractivity contribution >= 4 is 5.91 Å². The Kier molecular flexibility index (Phi) is 4.35. The highest BCUT2D eigenvalue weighted by Gasteiger charge is 2.26. The minimum atomic E-state index is 0.224. The number of ether oxygens (including phenoxy) is 2. The third-order valence-corrected chi connectivity index (χ3v) is 5.22. The Morgan fingerprint density at radius 2 is 2.00 bits per heavy atom. The molecule has 4 rings (SSSR count). The molecule has 0 fully saturated rings. The third-order valence-electron chi connectivity index (χ3n) is 5.22. The fraction of sp³-hybridized carbons (Fsp3) is 0.381. The van der Waals surface area contributed by atoms with Gasteiger partial charge in [-0.3, -0.25) is 4.79 Å². The van der Waals surface area contributed by atoms with Gasteiger partial charge in [-0.15, -0.1) is 0 Å². The van der Waals surface area contributed by atoms with Crippen LogP contribution in [0.25, 0.3) is 0 Å². The van der Waals surface area contributed by atoms with Crippen LogP contribution in [0.2, 0.25) is 0 Å². The molecular formula is C21H23NO3. The molecule has 4 heteroatoms. The predicted molar refractivity (Wildman–Crippen MR) is 95.8 cm³/mol. The van der Waals surface area contributed by atoms with Crippen molar-refractivity contribution in [1.29, 1.82) is 0 Å². The summed E-state index contributed by atoms with van der Waals surface area (Å²) in [7, 11) is 0. The lowest BCUT2D eigenvalue weighted by Gasteiger charge is -2.23. The highest BCUT2D eigenvalue weighted by molar-refractivity contribution is 5.77. The van der Waals surface area contributed by atoms with Gasteiger partial charge in [-0.05, 0) is 54.5 Å². The second-order valence-electron chi connectivity index (χ2n) is 6.73. The quantitative estimate of drug-likeness (QED) is 0.831. The van der Waals surface area contributed by atoms with Crippen LogP contribution < -0.4 is 9.47 Å². The highest BCUT2D eigenvalue weighted by Crippen LogP contribution is 2.36. The van der Waals surface area contributed by atoms with Crippen molar-refractivity contribution in [2.45, 2.75) is 38.6 Å². The molecule has 4 nitrogen and oxygen atoms in total. The summed E-state index contributed by atoms with van der Waals surface area (Å²) in [6, 6.07) is 14.4. The Labute approximate surface area is 148 Å². The first-order valence-electron chi connectivity index (χ1n) is 8.98. The zero-order chi connectivity index (χ0) is 17.2. The number of aryl methyl sites for hydroxylation is 1. The molecule has 2 aromatic rings. The average molecular weight is 337 g/mol. The first kappa shape index (κ1) is 16.0. The van der Waals surface area contributed by atoms with Crippen LogP contribution in [0.1, 0.15) is 42.4 Å². The summed E-state index contributed by atoms with van der Waals surface area (Å²) >= 11 is 0. The summed E-state index contributed by atoms with van der Waals surface area (Å²) in [6.07, 6.45) is 2.75. The van der Waals surface area contributed by atoms with Crippen molar-refractivity contribution in [2.75, 3.05) is 13.3 Å². The van der Waals surface area contributed by atoms with Gasteiger partial charge in [0.25, 0.3) is 0 Å². The van der Waals surface area contributed by atoms with Gasteiger partial charge in [-0.1, -0.05) is 30.3 Å². The van der Waals surface area contributed by atoms with Crippen molar-refractivity contribution in [2.24, 2.45) is 0 Å². The topological polar surface area (TPSA) is 38.8 Å². The minimum absolute atomic E-state index is 0.224. The third kappa shape index (κ3) is 3.21. The van der Waals surface area contributed by atoms with E-state index < -0.39 is 0 Å². The van der Waals surface area contributed by atoms with Gasteiger partial charge in [0.15, 0.2) is 11.5 Å². The van der Waals surface area contributed by atoms with Crippen LogP contribution in [0.4, 0.5) is 0 Å². The predicted octanol–water partition coefficient (Wildman–Crippen LogP) is 3.88. The van der Waals surface area contributed by atoms with Crippen LogP contribution in [0.5, 0.6) is 11.5 Å². The molecule has 1 amide bonds. The van der Waals surface area contributed by atoms with E-state index in [0.717, 1.165) is 29.9 Å². The van der Waals surface area contributed by atoms with E-state index in [0.29, 0.717) is 25.4 Å². The monoisotopic (exact) mass is 337 g/mol. The lowest BCUT2D eigenvalue weighted by Crippen LogP contribution is -2.31. The summed E-state index contributed by atoms with van der Waals surface area (Å²) in [5.41, 5.74) is 3.83. The van der Waals surface area contributed by atoms with E-state index in [9.17, 15) is 4.79 Å². The fourth-order valence-electron chi connectivity index (χ4n) is 3.83. The molecule has 0 bridgehead atoms. The van der Waals surface area contributed by atoms with E-state index >= 15 is 0 Å². The number of rotatable bonds is 5. The molecule has 2 aromatic carbocycles. The van der Waals surface area contributed by atoms with Crippen molar-refractivity contribution in [3.8, 4) is 11.5 Å². The summed E-state index contributed by atoms with van der Waals surface area (Å²) in [4.78, 5) is 14.8. The average Bonchev–Trinajstić information content (AvgIpc) is 3.26. The number of benzene rings is 2. The molecule has 1 heterocycles. The number of carbonyl (C=O) groups is 1. The van der Waals surface area contributed by atoms with E-state index in [4.69, 9.17) is 9.47 Å². The molecule has 0 radical (unpaired) electrons. The maximum Gasteiger partial charge on any atom is 0.231 e. The molecule has 2 aliphatic rings. The molecule has 1 unspecified atom stereocenters. The van der Waals surface area contributed by atoms with Gasteiger partial charge < -0.3 is 14.4 Å². The van der Waals surface area contributed by atoms with Gasteiger partial charge in [0.05, 0.1) is 0 Å². The summed E-state index contributed by atoms with van der Waals surface area (Å²) < 4.78 is 10.8. The Hall–Kier alpha value is -2.49. The molecule has 25 heavy (non-hydrogen) atoms. The molecular weight excluding hydrogens is 314 g/mol. The molecule has 1 atom stereocenters. The van der Waals surface area contributed by atoms with Crippen molar-refractivity contribution in [3.05, 3.63) is 59.2 Å². The number of amides is 1. The number of fused-ring (bicyclic) bond motifs is 2. The van der Waals surface area contributed by atoms with Gasteiger partial charge in [-0.25, -0.2) is 0 Å². The zero-order valence-corrected chi connectivity index (χ0v) is 14.5. The highest BCUT2D eigenvalue weighted by atomic mass is 16.7. The van der Waals surface area contributed by atoms with Crippen LogP contribution in [0, 0.1) is 0 Å². The van der Waals surface area contributed by atoms with Gasteiger partial charge in [0.1, 0.15) is 0 Å². The van der Waals surface area contributed by atoms with Gasteiger partial charge in [-0.2, -0.15) is 0 Å². The van der Waals surface area contributed by atoms with Crippen LogP contribution in [0.3, 0.4) is 0 Å². The maximum atomic E-state index is 12.8. The van der Waals surface area contributed by atoms with Crippen molar-refractivity contribution in [1.82, 2.24) is 4.90 Å². The maximum absolute atomic E-state index is 12.8. The summed E-state index contributed by atoms with van der Waals surface area (Å²) in [6.45, 7) is 3.63. The van der Waals surface area contributed by atoms with Crippen molar-refractivity contribution < 1.29 is 14.3 Å². The molecule has 1 aliphatic carbocycles. The van der Waals surface area contributed by atoms with Crippen LogP contribution in [-0.2, 0) is 17.8 Å². The normalized spacial score (nSPS) is 17.4. The van der Waals surface area contributed by atoms with Gasteiger partial charge in [0, 0.05) is 19.5 Å². The van der Waals surface area contributed by atoms with E-state index in [1.165, 1.54) is 11.1 Å². The summed E-state index contributed by atoms with van der Waals surface area (Å²) in [5, 5.41) is 0. The van der Waals surface area contributed by atoms with Gasteiger partial charge in [0.2, 0.25) is 12.7 Å². The number of carbonyl (C=O) groups excluding carboxylic acids is 1. The van der Waals surface area contributed by atoms with Gasteiger partial charge >= 0.3 is 0 Å². The Morgan fingerprint density at radius 1 is 1.16 bits per heavy atom. The van der Waals surface area contributed by atoms with Crippen LogP contribution >= 0.6 is 0 Å². The SMILES string of the molecule is CCN(Cc1ccc2c(c1)OCO2)C(=O)CC1CCc2ccccc21. The van der Waals surface area contributed by atoms with E-state index in [2.05, 4.69) is 24.3 Å². The molecule has 0 saturated carbocycles. The number of nitrogens with zero attached hydrogens (tertiary/aromatic N) is 1. The van der Waals surface area contributed by atoms with E-state index in [1.54, 1.807) is 0 Å². The molecule has 0 aromatic heterocycles. The molecule has 1 aliphatic heterocycles. The Balaban J connectivity index is 1.43. The lowest BCUT2D eigenvalue weighted by molar-refractivity contribution is -0.132. The molecule has 0 spiro atoms. The van der Waals surface area contributed by atoms with E-state index in [-0.39, 0.29) is 12.7 Å². The first-order valence-corrected chi connectivity index (χ1v) is 8.98.